The van der Waals surface area contributed by atoms with E-state index in [2.05, 4.69) is 17.6 Å². The maximum absolute atomic E-state index is 12.1. The zero-order valence-corrected chi connectivity index (χ0v) is 12.5. The van der Waals surface area contributed by atoms with E-state index < -0.39 is 0 Å². The number of amides is 2. The molecule has 3 atom stereocenters. The van der Waals surface area contributed by atoms with Gasteiger partial charge < -0.3 is 15.5 Å². The molecule has 2 N–H and O–H groups in total. The lowest BCUT2D eigenvalue weighted by Gasteiger charge is -2.31. The van der Waals surface area contributed by atoms with Crippen molar-refractivity contribution >= 4 is 24.2 Å². The SMILES string of the molecule is CCN1CC(C(=O)NC2CNCCC2C)CC1=O.Cl. The number of nitrogens with one attached hydrogen (secondary N) is 2. The number of hydrogen-bond donors (Lipinski definition) is 2. The van der Waals surface area contributed by atoms with Gasteiger partial charge in [-0.2, -0.15) is 0 Å². The molecule has 2 aliphatic heterocycles. The molecular formula is C13H24ClN3O2. The number of piperidine rings is 1. The molecule has 19 heavy (non-hydrogen) atoms. The van der Waals surface area contributed by atoms with Gasteiger partial charge in [0.15, 0.2) is 0 Å². The summed E-state index contributed by atoms with van der Waals surface area (Å²) in [5, 5.41) is 6.39. The fourth-order valence-electron chi connectivity index (χ4n) is 2.74. The smallest absolute Gasteiger partial charge is 0.225 e. The normalized spacial score (nSPS) is 30.9. The van der Waals surface area contributed by atoms with Crippen LogP contribution in [0.15, 0.2) is 0 Å². The Bertz CT molecular complexity index is 338. The third-order valence-corrected chi connectivity index (χ3v) is 4.12. The summed E-state index contributed by atoms with van der Waals surface area (Å²) in [6, 6.07) is 0.206. The minimum absolute atomic E-state index is 0. The van der Waals surface area contributed by atoms with Crippen molar-refractivity contribution in [3.63, 3.8) is 0 Å². The topological polar surface area (TPSA) is 61.4 Å². The second-order valence-electron chi connectivity index (χ2n) is 5.42. The van der Waals surface area contributed by atoms with Gasteiger partial charge in [0.2, 0.25) is 11.8 Å². The highest BCUT2D eigenvalue weighted by molar-refractivity contribution is 5.89. The number of rotatable bonds is 3. The molecule has 0 spiro atoms. The molecule has 2 amide bonds. The molecule has 0 aromatic carbocycles. The predicted molar refractivity (Wildman–Crippen MR) is 76.2 cm³/mol. The Morgan fingerprint density at radius 1 is 1.53 bits per heavy atom. The largest absolute Gasteiger partial charge is 0.352 e. The van der Waals surface area contributed by atoms with Crippen LogP contribution in [-0.2, 0) is 9.59 Å². The first-order valence-electron chi connectivity index (χ1n) is 6.90. The summed E-state index contributed by atoms with van der Waals surface area (Å²) in [6.45, 7) is 7.26. The Kier molecular flexibility index (Phi) is 6.07. The van der Waals surface area contributed by atoms with Crippen LogP contribution in [0.2, 0.25) is 0 Å². The second-order valence-corrected chi connectivity index (χ2v) is 5.42. The highest BCUT2D eigenvalue weighted by atomic mass is 35.5. The molecule has 2 heterocycles. The molecule has 5 nitrogen and oxygen atoms in total. The average Bonchev–Trinajstić information content (AvgIpc) is 2.73. The van der Waals surface area contributed by atoms with E-state index in [0.717, 1.165) is 19.5 Å². The Balaban J connectivity index is 0.00000180. The average molecular weight is 290 g/mol. The molecule has 2 fully saturated rings. The zero-order chi connectivity index (χ0) is 13.1. The number of halogens is 1. The van der Waals surface area contributed by atoms with Gasteiger partial charge in [-0.15, -0.1) is 12.4 Å². The minimum Gasteiger partial charge on any atom is -0.352 e. The summed E-state index contributed by atoms with van der Waals surface area (Å²) < 4.78 is 0. The van der Waals surface area contributed by atoms with Gasteiger partial charge >= 0.3 is 0 Å². The lowest BCUT2D eigenvalue weighted by Crippen LogP contribution is -2.51. The van der Waals surface area contributed by atoms with Crippen LogP contribution >= 0.6 is 12.4 Å². The van der Waals surface area contributed by atoms with Crippen molar-refractivity contribution in [3.05, 3.63) is 0 Å². The van der Waals surface area contributed by atoms with E-state index in [9.17, 15) is 9.59 Å². The minimum atomic E-state index is -0.161. The van der Waals surface area contributed by atoms with Gasteiger partial charge in [0.25, 0.3) is 0 Å². The van der Waals surface area contributed by atoms with Crippen LogP contribution in [0.25, 0.3) is 0 Å². The molecule has 0 aromatic heterocycles. The van der Waals surface area contributed by atoms with Crippen LogP contribution in [0.1, 0.15) is 26.7 Å². The van der Waals surface area contributed by atoms with Gasteiger partial charge in [-0.1, -0.05) is 6.92 Å². The standard InChI is InChI=1S/C13H23N3O2.ClH/c1-3-16-8-10(6-12(16)17)13(18)15-11-7-14-5-4-9(11)2;/h9-11,14H,3-8H2,1-2H3,(H,15,18);1H. The first kappa shape index (κ1) is 16.2. The summed E-state index contributed by atoms with van der Waals surface area (Å²) in [5.74, 6) is 0.494. The monoisotopic (exact) mass is 289 g/mol. The third kappa shape index (κ3) is 3.83. The number of nitrogens with zero attached hydrogens (tertiary/aromatic N) is 1. The molecule has 2 rings (SSSR count). The molecule has 3 unspecified atom stereocenters. The zero-order valence-electron chi connectivity index (χ0n) is 11.6. The van der Waals surface area contributed by atoms with Crippen LogP contribution in [0.5, 0.6) is 0 Å². The molecule has 0 aliphatic carbocycles. The Labute approximate surface area is 120 Å². The summed E-state index contributed by atoms with van der Waals surface area (Å²) in [4.78, 5) is 25.5. The van der Waals surface area contributed by atoms with Crippen molar-refractivity contribution in [2.75, 3.05) is 26.2 Å². The highest BCUT2D eigenvalue weighted by Crippen LogP contribution is 2.19. The van der Waals surface area contributed by atoms with Crippen LogP contribution in [0.4, 0.5) is 0 Å². The van der Waals surface area contributed by atoms with Gasteiger partial charge in [0.05, 0.1) is 5.92 Å². The number of carbonyl (C=O) groups is 2. The fraction of sp³-hybridized carbons (Fsp3) is 0.846. The lowest BCUT2D eigenvalue weighted by molar-refractivity contribution is -0.129. The molecule has 0 radical (unpaired) electrons. The summed E-state index contributed by atoms with van der Waals surface area (Å²) in [5.41, 5.74) is 0. The van der Waals surface area contributed by atoms with Gasteiger partial charge in [-0.05, 0) is 25.8 Å². The van der Waals surface area contributed by atoms with Gasteiger partial charge in [0.1, 0.15) is 0 Å². The summed E-state index contributed by atoms with van der Waals surface area (Å²) in [7, 11) is 0. The van der Waals surface area contributed by atoms with E-state index in [4.69, 9.17) is 0 Å². The molecule has 0 saturated carbocycles. The molecule has 0 bridgehead atoms. The lowest BCUT2D eigenvalue weighted by atomic mass is 9.94. The van der Waals surface area contributed by atoms with Gasteiger partial charge in [0, 0.05) is 32.1 Å². The van der Waals surface area contributed by atoms with Gasteiger partial charge in [-0.3, -0.25) is 9.59 Å². The van der Waals surface area contributed by atoms with Crippen molar-refractivity contribution in [2.45, 2.75) is 32.7 Å². The van der Waals surface area contributed by atoms with Crippen molar-refractivity contribution in [1.29, 1.82) is 0 Å². The van der Waals surface area contributed by atoms with E-state index in [1.165, 1.54) is 0 Å². The van der Waals surface area contributed by atoms with Crippen molar-refractivity contribution in [2.24, 2.45) is 11.8 Å². The summed E-state index contributed by atoms with van der Waals surface area (Å²) >= 11 is 0. The third-order valence-electron chi connectivity index (χ3n) is 4.12. The first-order chi connectivity index (χ1) is 8.61. The predicted octanol–water partition coefficient (Wildman–Crippen LogP) is 0.391. The Morgan fingerprint density at radius 3 is 2.84 bits per heavy atom. The first-order valence-corrected chi connectivity index (χ1v) is 6.90. The number of hydrogen-bond acceptors (Lipinski definition) is 3. The van der Waals surface area contributed by atoms with Crippen LogP contribution < -0.4 is 10.6 Å². The second kappa shape index (κ2) is 7.10. The quantitative estimate of drug-likeness (QED) is 0.790. The molecule has 110 valence electrons. The molecule has 0 aromatic rings. The van der Waals surface area contributed by atoms with E-state index >= 15 is 0 Å². The maximum atomic E-state index is 12.1. The van der Waals surface area contributed by atoms with Crippen LogP contribution in [0, 0.1) is 11.8 Å². The van der Waals surface area contributed by atoms with Crippen LogP contribution in [-0.4, -0.2) is 48.9 Å². The Morgan fingerprint density at radius 2 is 2.26 bits per heavy atom. The van der Waals surface area contributed by atoms with Crippen molar-refractivity contribution < 1.29 is 9.59 Å². The fourth-order valence-corrected chi connectivity index (χ4v) is 2.74. The molecule has 2 saturated heterocycles. The van der Waals surface area contributed by atoms with Gasteiger partial charge in [-0.25, -0.2) is 0 Å². The molecule has 2 aliphatic rings. The number of carbonyl (C=O) groups excluding carboxylic acids is 2. The maximum Gasteiger partial charge on any atom is 0.225 e. The highest BCUT2D eigenvalue weighted by Gasteiger charge is 2.35. The molecular weight excluding hydrogens is 266 g/mol. The van der Waals surface area contributed by atoms with E-state index in [1.807, 2.05) is 6.92 Å². The van der Waals surface area contributed by atoms with E-state index in [1.54, 1.807) is 4.90 Å². The summed E-state index contributed by atoms with van der Waals surface area (Å²) in [6.07, 6.45) is 1.46. The Hall–Kier alpha value is -0.810. The van der Waals surface area contributed by atoms with E-state index in [-0.39, 0.29) is 36.2 Å². The van der Waals surface area contributed by atoms with Crippen molar-refractivity contribution in [3.8, 4) is 0 Å². The van der Waals surface area contributed by atoms with Crippen LogP contribution in [0.3, 0.4) is 0 Å². The van der Waals surface area contributed by atoms with E-state index in [0.29, 0.717) is 25.4 Å². The number of likely N-dealkylation sites (tertiary alicyclic amines) is 1. The van der Waals surface area contributed by atoms with Crippen molar-refractivity contribution in [1.82, 2.24) is 15.5 Å². The molecule has 6 heteroatoms.